The van der Waals surface area contributed by atoms with Gasteiger partial charge in [-0.05, 0) is 29.8 Å². The Morgan fingerprint density at radius 1 is 1.15 bits per heavy atom. The van der Waals surface area contributed by atoms with Crippen LogP contribution in [0.2, 0.25) is 0 Å². The maximum Gasteiger partial charge on any atom is 0.125 e. The van der Waals surface area contributed by atoms with Crippen LogP contribution in [0.5, 0.6) is 11.5 Å². The van der Waals surface area contributed by atoms with Gasteiger partial charge in [0, 0.05) is 5.56 Å². The van der Waals surface area contributed by atoms with E-state index in [2.05, 4.69) is 0 Å². The lowest BCUT2D eigenvalue weighted by Crippen LogP contribution is -2.15. The Hall–Kier alpha value is -2.04. The highest BCUT2D eigenvalue weighted by atomic mass is 16.5. The van der Waals surface area contributed by atoms with Crippen molar-refractivity contribution in [3.05, 3.63) is 59.7 Å². The standard InChI is InChI=1S/C16H19NO3/c1-19-16-8-7-12(15(17)10-18)9-13(16)11-20-14-5-3-2-4-6-14/h2-9,15,18H,10-11,17H2,1H3/t15-/m0/s1. The van der Waals surface area contributed by atoms with Crippen LogP contribution < -0.4 is 15.2 Å². The molecule has 20 heavy (non-hydrogen) atoms. The van der Waals surface area contributed by atoms with Gasteiger partial charge < -0.3 is 20.3 Å². The van der Waals surface area contributed by atoms with Gasteiger partial charge in [0.1, 0.15) is 18.1 Å². The maximum atomic E-state index is 9.13. The predicted octanol–water partition coefficient (Wildman–Crippen LogP) is 2.27. The molecule has 0 bridgehead atoms. The van der Waals surface area contributed by atoms with Crippen LogP contribution in [-0.2, 0) is 6.61 Å². The molecule has 4 heteroatoms. The minimum Gasteiger partial charge on any atom is -0.496 e. The largest absolute Gasteiger partial charge is 0.496 e. The van der Waals surface area contributed by atoms with Crippen LogP contribution >= 0.6 is 0 Å². The fraction of sp³-hybridized carbons (Fsp3) is 0.250. The molecule has 0 aliphatic heterocycles. The van der Waals surface area contributed by atoms with Gasteiger partial charge in [0.25, 0.3) is 0 Å². The van der Waals surface area contributed by atoms with Gasteiger partial charge in [-0.25, -0.2) is 0 Å². The van der Waals surface area contributed by atoms with Crippen LogP contribution in [0, 0.1) is 0 Å². The number of nitrogens with two attached hydrogens (primary N) is 1. The SMILES string of the molecule is COc1ccc([C@@H](N)CO)cc1COc1ccccc1. The molecule has 0 aromatic heterocycles. The molecule has 0 amide bonds. The molecule has 4 nitrogen and oxygen atoms in total. The fourth-order valence-electron chi connectivity index (χ4n) is 1.93. The second kappa shape index (κ2) is 6.93. The summed E-state index contributed by atoms with van der Waals surface area (Å²) < 4.78 is 11.0. The summed E-state index contributed by atoms with van der Waals surface area (Å²) in [5, 5.41) is 9.13. The summed E-state index contributed by atoms with van der Waals surface area (Å²) in [5.41, 5.74) is 7.59. The highest BCUT2D eigenvalue weighted by molar-refractivity contribution is 5.38. The van der Waals surface area contributed by atoms with E-state index < -0.39 is 6.04 Å². The Morgan fingerprint density at radius 2 is 1.90 bits per heavy atom. The molecule has 0 spiro atoms. The smallest absolute Gasteiger partial charge is 0.125 e. The highest BCUT2D eigenvalue weighted by Gasteiger charge is 2.10. The van der Waals surface area contributed by atoms with Crippen molar-refractivity contribution in [3.8, 4) is 11.5 Å². The first-order valence-electron chi connectivity index (χ1n) is 6.45. The number of benzene rings is 2. The molecule has 0 heterocycles. The van der Waals surface area contributed by atoms with Crippen LogP contribution in [0.4, 0.5) is 0 Å². The van der Waals surface area contributed by atoms with E-state index in [4.69, 9.17) is 20.3 Å². The molecule has 0 saturated carbocycles. The quantitative estimate of drug-likeness (QED) is 0.847. The molecule has 1 atom stereocenters. The molecule has 0 unspecified atom stereocenters. The lowest BCUT2D eigenvalue weighted by molar-refractivity contribution is 0.267. The third-order valence-corrected chi connectivity index (χ3v) is 3.07. The van der Waals surface area contributed by atoms with Crippen molar-refractivity contribution in [2.24, 2.45) is 5.73 Å². The Balaban J connectivity index is 2.16. The van der Waals surface area contributed by atoms with Crippen LogP contribution in [-0.4, -0.2) is 18.8 Å². The van der Waals surface area contributed by atoms with E-state index in [-0.39, 0.29) is 6.61 Å². The van der Waals surface area contributed by atoms with E-state index in [0.29, 0.717) is 6.61 Å². The number of ether oxygens (including phenoxy) is 2. The van der Waals surface area contributed by atoms with Crippen LogP contribution in [0.1, 0.15) is 17.2 Å². The zero-order valence-corrected chi connectivity index (χ0v) is 11.5. The van der Waals surface area contributed by atoms with Crippen molar-refractivity contribution < 1.29 is 14.6 Å². The fourth-order valence-corrected chi connectivity index (χ4v) is 1.93. The molecule has 0 aliphatic carbocycles. The molecule has 0 fully saturated rings. The lowest BCUT2D eigenvalue weighted by atomic mass is 10.0. The molecule has 0 radical (unpaired) electrons. The Labute approximate surface area is 118 Å². The zero-order valence-electron chi connectivity index (χ0n) is 11.5. The van der Waals surface area contributed by atoms with Crippen molar-refractivity contribution in [3.63, 3.8) is 0 Å². The first-order valence-corrected chi connectivity index (χ1v) is 6.45. The van der Waals surface area contributed by atoms with Crippen LogP contribution in [0.3, 0.4) is 0 Å². The number of aliphatic hydroxyl groups excluding tert-OH is 1. The summed E-state index contributed by atoms with van der Waals surface area (Å²) in [6.07, 6.45) is 0. The third-order valence-electron chi connectivity index (χ3n) is 3.07. The first kappa shape index (κ1) is 14.4. The minimum absolute atomic E-state index is 0.0920. The first-order chi connectivity index (χ1) is 9.74. The van der Waals surface area contributed by atoms with Crippen molar-refractivity contribution in [1.82, 2.24) is 0 Å². The van der Waals surface area contributed by atoms with E-state index in [1.807, 2.05) is 48.5 Å². The van der Waals surface area contributed by atoms with Crippen molar-refractivity contribution in [2.45, 2.75) is 12.6 Å². The molecule has 0 aliphatic rings. The van der Waals surface area contributed by atoms with Crippen LogP contribution in [0.25, 0.3) is 0 Å². The second-order valence-corrected chi connectivity index (χ2v) is 4.46. The minimum atomic E-state index is -0.392. The monoisotopic (exact) mass is 273 g/mol. The summed E-state index contributed by atoms with van der Waals surface area (Å²) in [6, 6.07) is 14.8. The average Bonchev–Trinajstić information content (AvgIpc) is 2.52. The van der Waals surface area contributed by atoms with Crippen LogP contribution in [0.15, 0.2) is 48.5 Å². The lowest BCUT2D eigenvalue weighted by Gasteiger charge is -2.14. The summed E-state index contributed by atoms with van der Waals surface area (Å²) in [7, 11) is 1.62. The number of para-hydroxylation sites is 1. The van der Waals surface area contributed by atoms with Gasteiger partial charge in [0.05, 0.1) is 19.8 Å². The molecular weight excluding hydrogens is 254 g/mol. The summed E-state index contributed by atoms with van der Waals surface area (Å²) in [5.74, 6) is 1.54. The van der Waals surface area contributed by atoms with E-state index in [1.165, 1.54) is 0 Å². The second-order valence-electron chi connectivity index (χ2n) is 4.46. The van der Waals surface area contributed by atoms with E-state index >= 15 is 0 Å². The van der Waals surface area contributed by atoms with E-state index in [1.54, 1.807) is 7.11 Å². The number of aliphatic hydroxyl groups is 1. The van der Waals surface area contributed by atoms with Crippen molar-refractivity contribution in [2.75, 3.05) is 13.7 Å². The Morgan fingerprint density at radius 3 is 2.55 bits per heavy atom. The predicted molar refractivity (Wildman–Crippen MR) is 77.8 cm³/mol. The summed E-state index contributed by atoms with van der Waals surface area (Å²) >= 11 is 0. The van der Waals surface area contributed by atoms with Gasteiger partial charge in [0.15, 0.2) is 0 Å². The van der Waals surface area contributed by atoms with Gasteiger partial charge in [-0.3, -0.25) is 0 Å². The number of hydrogen-bond acceptors (Lipinski definition) is 4. The van der Waals surface area contributed by atoms with Gasteiger partial charge in [-0.15, -0.1) is 0 Å². The highest BCUT2D eigenvalue weighted by Crippen LogP contribution is 2.24. The topological polar surface area (TPSA) is 64.7 Å². The normalized spacial score (nSPS) is 11.9. The molecule has 3 N–H and O–H groups in total. The molecule has 2 rings (SSSR count). The van der Waals surface area contributed by atoms with E-state index in [0.717, 1.165) is 22.6 Å². The van der Waals surface area contributed by atoms with Gasteiger partial charge in [0.2, 0.25) is 0 Å². The maximum absolute atomic E-state index is 9.13. The molecule has 2 aromatic carbocycles. The third kappa shape index (κ3) is 3.50. The van der Waals surface area contributed by atoms with Crippen molar-refractivity contribution in [1.29, 1.82) is 0 Å². The summed E-state index contributed by atoms with van der Waals surface area (Å²) in [4.78, 5) is 0. The Bertz CT molecular complexity index is 543. The molecule has 2 aromatic rings. The zero-order chi connectivity index (χ0) is 14.4. The summed E-state index contributed by atoms with van der Waals surface area (Å²) in [6.45, 7) is 0.296. The molecule has 106 valence electrons. The Kier molecular flexibility index (Phi) is 4.98. The number of methoxy groups -OCH3 is 1. The van der Waals surface area contributed by atoms with Gasteiger partial charge in [-0.2, -0.15) is 0 Å². The number of rotatable bonds is 6. The number of hydrogen-bond donors (Lipinski definition) is 2. The molecular formula is C16H19NO3. The van der Waals surface area contributed by atoms with E-state index in [9.17, 15) is 0 Å². The van der Waals surface area contributed by atoms with Gasteiger partial charge >= 0.3 is 0 Å². The van der Waals surface area contributed by atoms with Crippen molar-refractivity contribution >= 4 is 0 Å². The molecule has 0 saturated heterocycles. The van der Waals surface area contributed by atoms with Gasteiger partial charge in [-0.1, -0.05) is 24.3 Å². The average molecular weight is 273 g/mol.